The molecule has 0 bridgehead atoms. The molecule has 0 radical (unpaired) electrons. The van der Waals surface area contributed by atoms with Crippen LogP contribution in [0.2, 0.25) is 0 Å². The lowest BCUT2D eigenvalue weighted by Gasteiger charge is -2.29. The molecule has 1 heterocycles. The number of nitrogens with two attached hydrogens (primary N) is 1. The number of amides is 1. The highest BCUT2D eigenvalue weighted by molar-refractivity contribution is 5.95. The van der Waals surface area contributed by atoms with Crippen molar-refractivity contribution in [1.82, 2.24) is 4.90 Å². The standard InChI is InChI=1S/C15H21N3O3/c1-2-12-6-4-3-5-9-17(12)15(19)11-7-8-13(16)14(10-11)18(20)21/h7-8,10,12H,2-6,9,16H2,1H3. The third-order valence-electron chi connectivity index (χ3n) is 4.08. The van der Waals surface area contributed by atoms with Gasteiger partial charge in [-0.15, -0.1) is 0 Å². The minimum Gasteiger partial charge on any atom is -0.393 e. The molecule has 2 rings (SSSR count). The number of nitrogen functional groups attached to an aromatic ring is 1. The van der Waals surface area contributed by atoms with E-state index in [0.717, 1.165) is 38.6 Å². The maximum absolute atomic E-state index is 12.7. The summed E-state index contributed by atoms with van der Waals surface area (Å²) in [7, 11) is 0. The first-order chi connectivity index (χ1) is 10.0. The zero-order valence-corrected chi connectivity index (χ0v) is 12.2. The fourth-order valence-electron chi connectivity index (χ4n) is 2.87. The van der Waals surface area contributed by atoms with Gasteiger partial charge in [0.15, 0.2) is 0 Å². The van der Waals surface area contributed by atoms with E-state index in [1.54, 1.807) is 6.07 Å². The first kappa shape index (κ1) is 15.3. The molecule has 1 aromatic carbocycles. The monoisotopic (exact) mass is 291 g/mol. The van der Waals surface area contributed by atoms with E-state index in [9.17, 15) is 14.9 Å². The highest BCUT2D eigenvalue weighted by Crippen LogP contribution is 2.26. The maximum atomic E-state index is 12.7. The molecule has 6 heteroatoms. The molecule has 2 N–H and O–H groups in total. The van der Waals surface area contributed by atoms with Crippen molar-refractivity contribution in [2.24, 2.45) is 0 Å². The number of rotatable bonds is 3. The number of carbonyl (C=O) groups excluding carboxylic acids is 1. The van der Waals surface area contributed by atoms with Crippen LogP contribution in [0.1, 0.15) is 49.4 Å². The first-order valence-electron chi connectivity index (χ1n) is 7.39. The van der Waals surface area contributed by atoms with Gasteiger partial charge >= 0.3 is 0 Å². The number of carbonyl (C=O) groups is 1. The van der Waals surface area contributed by atoms with Crippen molar-refractivity contribution in [1.29, 1.82) is 0 Å². The zero-order chi connectivity index (χ0) is 15.4. The topological polar surface area (TPSA) is 89.5 Å². The van der Waals surface area contributed by atoms with Crippen molar-refractivity contribution in [3.05, 3.63) is 33.9 Å². The lowest BCUT2D eigenvalue weighted by Crippen LogP contribution is -2.39. The van der Waals surface area contributed by atoms with Crippen molar-refractivity contribution < 1.29 is 9.72 Å². The molecule has 6 nitrogen and oxygen atoms in total. The Bertz CT molecular complexity index is 545. The molecule has 1 atom stereocenters. The highest BCUT2D eigenvalue weighted by atomic mass is 16.6. The lowest BCUT2D eigenvalue weighted by atomic mass is 10.1. The molecule has 1 aromatic rings. The van der Waals surface area contributed by atoms with Gasteiger partial charge < -0.3 is 10.6 Å². The number of hydrogen-bond donors (Lipinski definition) is 1. The van der Waals surface area contributed by atoms with Gasteiger partial charge in [0.1, 0.15) is 5.69 Å². The molecule has 1 aliphatic heterocycles. The van der Waals surface area contributed by atoms with Crippen LogP contribution in [0.25, 0.3) is 0 Å². The van der Waals surface area contributed by atoms with Gasteiger partial charge in [-0.05, 0) is 31.4 Å². The van der Waals surface area contributed by atoms with Crippen LogP contribution in [0.5, 0.6) is 0 Å². The number of anilines is 1. The van der Waals surface area contributed by atoms with Crippen LogP contribution in [-0.2, 0) is 0 Å². The fourth-order valence-corrected chi connectivity index (χ4v) is 2.87. The molecule has 1 fully saturated rings. The number of hydrogen-bond acceptors (Lipinski definition) is 4. The number of benzene rings is 1. The SMILES string of the molecule is CCC1CCCCCN1C(=O)c1ccc(N)c([N+](=O)[O-])c1. The van der Waals surface area contributed by atoms with Gasteiger partial charge in [0.05, 0.1) is 4.92 Å². The molecule has 0 saturated carbocycles. The molecule has 0 spiro atoms. The highest BCUT2D eigenvalue weighted by Gasteiger charge is 2.26. The van der Waals surface area contributed by atoms with Gasteiger partial charge in [-0.3, -0.25) is 14.9 Å². The summed E-state index contributed by atoms with van der Waals surface area (Å²) in [5.74, 6) is -0.133. The summed E-state index contributed by atoms with van der Waals surface area (Å²) in [6.45, 7) is 2.79. The van der Waals surface area contributed by atoms with Crippen LogP contribution >= 0.6 is 0 Å². The van der Waals surface area contributed by atoms with E-state index < -0.39 is 4.92 Å². The van der Waals surface area contributed by atoms with Gasteiger partial charge in [-0.2, -0.15) is 0 Å². The van der Waals surface area contributed by atoms with Crippen LogP contribution < -0.4 is 5.73 Å². The predicted octanol–water partition coefficient (Wildman–Crippen LogP) is 2.97. The minimum atomic E-state index is -0.550. The van der Waals surface area contributed by atoms with Gasteiger partial charge in [0, 0.05) is 24.2 Å². The van der Waals surface area contributed by atoms with Gasteiger partial charge in [-0.1, -0.05) is 19.8 Å². The van der Waals surface area contributed by atoms with E-state index in [4.69, 9.17) is 5.73 Å². The summed E-state index contributed by atoms with van der Waals surface area (Å²) in [5, 5.41) is 10.9. The van der Waals surface area contributed by atoms with Crippen LogP contribution in [-0.4, -0.2) is 28.3 Å². The van der Waals surface area contributed by atoms with Crippen LogP contribution in [0.15, 0.2) is 18.2 Å². The second-order valence-electron chi connectivity index (χ2n) is 5.44. The van der Waals surface area contributed by atoms with E-state index in [-0.39, 0.29) is 23.3 Å². The van der Waals surface area contributed by atoms with Crippen LogP contribution in [0.4, 0.5) is 11.4 Å². The van der Waals surface area contributed by atoms with Crippen LogP contribution in [0, 0.1) is 10.1 Å². The van der Waals surface area contributed by atoms with E-state index in [1.165, 1.54) is 12.1 Å². The summed E-state index contributed by atoms with van der Waals surface area (Å²) < 4.78 is 0. The summed E-state index contributed by atoms with van der Waals surface area (Å²) in [4.78, 5) is 24.9. The quantitative estimate of drug-likeness (QED) is 0.526. The molecule has 1 saturated heterocycles. The Hall–Kier alpha value is -2.11. The summed E-state index contributed by atoms with van der Waals surface area (Å²) in [6, 6.07) is 4.51. The third-order valence-corrected chi connectivity index (χ3v) is 4.08. The molecule has 1 amide bonds. The minimum absolute atomic E-state index is 0.0828. The molecule has 0 aromatic heterocycles. The molecule has 1 unspecified atom stereocenters. The Labute approximate surface area is 124 Å². The van der Waals surface area contributed by atoms with Gasteiger partial charge in [-0.25, -0.2) is 0 Å². The Morgan fingerprint density at radius 3 is 2.86 bits per heavy atom. The second-order valence-corrected chi connectivity index (χ2v) is 5.44. The van der Waals surface area contributed by atoms with Crippen molar-refractivity contribution in [2.45, 2.75) is 45.1 Å². The average Bonchev–Trinajstić information content (AvgIpc) is 2.71. The molecular weight excluding hydrogens is 270 g/mol. The lowest BCUT2D eigenvalue weighted by molar-refractivity contribution is -0.383. The van der Waals surface area contributed by atoms with E-state index in [2.05, 4.69) is 6.92 Å². The summed E-state index contributed by atoms with van der Waals surface area (Å²) in [5.41, 5.74) is 5.80. The number of nitro groups is 1. The van der Waals surface area contributed by atoms with Crippen molar-refractivity contribution in [3.63, 3.8) is 0 Å². The van der Waals surface area contributed by atoms with Crippen molar-refractivity contribution in [3.8, 4) is 0 Å². The largest absolute Gasteiger partial charge is 0.393 e. The number of nitro benzene ring substituents is 1. The molecule has 114 valence electrons. The van der Waals surface area contributed by atoms with Gasteiger partial charge in [0.25, 0.3) is 11.6 Å². The Kier molecular flexibility index (Phi) is 4.77. The molecule has 1 aliphatic rings. The number of likely N-dealkylation sites (tertiary alicyclic amines) is 1. The van der Waals surface area contributed by atoms with E-state index in [0.29, 0.717) is 5.56 Å². The molecule has 0 aliphatic carbocycles. The Morgan fingerprint density at radius 1 is 1.43 bits per heavy atom. The first-order valence-corrected chi connectivity index (χ1v) is 7.39. The Balaban J connectivity index is 2.29. The average molecular weight is 291 g/mol. The van der Waals surface area contributed by atoms with E-state index >= 15 is 0 Å². The Morgan fingerprint density at radius 2 is 2.19 bits per heavy atom. The normalized spacial score (nSPS) is 19.1. The summed E-state index contributed by atoms with van der Waals surface area (Å²) in [6.07, 6.45) is 5.15. The van der Waals surface area contributed by atoms with Crippen molar-refractivity contribution in [2.75, 3.05) is 12.3 Å². The summed E-state index contributed by atoms with van der Waals surface area (Å²) >= 11 is 0. The second kappa shape index (κ2) is 6.56. The molecule has 21 heavy (non-hydrogen) atoms. The van der Waals surface area contributed by atoms with E-state index in [1.807, 2.05) is 4.90 Å². The third kappa shape index (κ3) is 3.32. The van der Waals surface area contributed by atoms with Crippen LogP contribution in [0.3, 0.4) is 0 Å². The van der Waals surface area contributed by atoms with Gasteiger partial charge in [0.2, 0.25) is 0 Å². The smallest absolute Gasteiger partial charge is 0.292 e. The predicted molar refractivity (Wildman–Crippen MR) is 81.1 cm³/mol. The van der Waals surface area contributed by atoms with Crippen molar-refractivity contribution >= 4 is 17.3 Å². The maximum Gasteiger partial charge on any atom is 0.292 e. The molecular formula is C15H21N3O3. The zero-order valence-electron chi connectivity index (χ0n) is 12.2. The fraction of sp³-hybridized carbons (Fsp3) is 0.533. The number of nitrogens with zero attached hydrogens (tertiary/aromatic N) is 2.